The van der Waals surface area contributed by atoms with Crippen molar-refractivity contribution >= 4 is 16.1 Å². The largest absolute Gasteiger partial charge is 0.469 e. The molecule has 4 fully saturated rings. The first kappa shape index (κ1) is 26.4. The van der Waals surface area contributed by atoms with Crippen LogP contribution in [0, 0.1) is 46.3 Å². The summed E-state index contributed by atoms with van der Waals surface area (Å²) in [6, 6.07) is 0. The molecule has 0 heterocycles. The average Bonchev–Trinajstić information content (AvgIpc) is 3.11. The van der Waals surface area contributed by atoms with Crippen LogP contribution < -0.4 is 0 Å². The molecule has 4 aliphatic rings. The van der Waals surface area contributed by atoms with Gasteiger partial charge in [0.15, 0.2) is 0 Å². The Morgan fingerprint density at radius 2 is 1.79 bits per heavy atom. The first-order valence-corrected chi connectivity index (χ1v) is 14.9. The molecule has 8 heteroatoms. The van der Waals surface area contributed by atoms with E-state index in [0.29, 0.717) is 43.9 Å². The third kappa shape index (κ3) is 4.46. The van der Waals surface area contributed by atoms with E-state index in [1.54, 1.807) is 0 Å². The Morgan fingerprint density at radius 1 is 1.09 bits per heavy atom. The van der Waals surface area contributed by atoms with Crippen molar-refractivity contribution in [3.05, 3.63) is 0 Å². The number of fused-ring (bicyclic) bond motifs is 5. The summed E-state index contributed by atoms with van der Waals surface area (Å²) in [5.41, 5.74) is -0.296. The first-order chi connectivity index (χ1) is 15.8. The van der Waals surface area contributed by atoms with Crippen LogP contribution in [-0.2, 0) is 23.8 Å². The Hall–Kier alpha value is -0.700. The van der Waals surface area contributed by atoms with E-state index in [2.05, 4.69) is 20.8 Å². The number of esters is 1. The zero-order valence-electron chi connectivity index (χ0n) is 21.4. The van der Waals surface area contributed by atoms with E-state index in [9.17, 15) is 23.4 Å². The Morgan fingerprint density at radius 3 is 2.44 bits per heavy atom. The third-order valence-electron chi connectivity index (χ3n) is 10.8. The van der Waals surface area contributed by atoms with Gasteiger partial charge < -0.3 is 14.9 Å². The molecule has 4 rings (SSSR count). The number of carbonyl (C=O) groups excluding carboxylic acids is 1. The summed E-state index contributed by atoms with van der Waals surface area (Å²) in [6.45, 7) is 6.72. The van der Waals surface area contributed by atoms with Gasteiger partial charge in [0.1, 0.15) is 0 Å². The van der Waals surface area contributed by atoms with Crippen molar-refractivity contribution in [1.82, 2.24) is 0 Å². The van der Waals surface area contributed by atoms with Crippen molar-refractivity contribution < 1.29 is 32.3 Å². The first-order valence-electron chi connectivity index (χ1n) is 13.1. The summed E-state index contributed by atoms with van der Waals surface area (Å²) >= 11 is 0. The summed E-state index contributed by atoms with van der Waals surface area (Å²) in [7, 11) is -2.08. The van der Waals surface area contributed by atoms with Crippen molar-refractivity contribution in [2.24, 2.45) is 46.3 Å². The number of hydrogen-bond donors (Lipinski definition) is 2. The van der Waals surface area contributed by atoms with Gasteiger partial charge in [0.05, 0.1) is 31.7 Å². The van der Waals surface area contributed by atoms with Gasteiger partial charge in [-0.2, -0.15) is 8.42 Å². The van der Waals surface area contributed by atoms with Gasteiger partial charge >= 0.3 is 5.97 Å². The molecular formula is C26H44O7S. The Kier molecular flexibility index (Phi) is 7.22. The Balaban J connectivity index is 1.54. The lowest BCUT2D eigenvalue weighted by Crippen LogP contribution is -2.62. The zero-order chi connectivity index (χ0) is 25.1. The van der Waals surface area contributed by atoms with Gasteiger partial charge in [0.25, 0.3) is 10.1 Å². The fourth-order valence-corrected chi connectivity index (χ4v) is 9.77. The zero-order valence-corrected chi connectivity index (χ0v) is 22.2. The molecule has 2 N–H and O–H groups in total. The molecule has 0 amide bonds. The van der Waals surface area contributed by atoms with Crippen LogP contribution in [0.15, 0.2) is 0 Å². The molecule has 4 aliphatic carbocycles. The highest BCUT2D eigenvalue weighted by molar-refractivity contribution is 7.86. The van der Waals surface area contributed by atoms with Crippen molar-refractivity contribution in [3.63, 3.8) is 0 Å². The summed E-state index contributed by atoms with van der Waals surface area (Å²) < 4.78 is 33.6. The van der Waals surface area contributed by atoms with Gasteiger partial charge in [-0.15, -0.1) is 0 Å². The number of methoxy groups -OCH3 is 1. The minimum atomic E-state index is -3.50. The molecule has 0 radical (unpaired) electrons. The van der Waals surface area contributed by atoms with Gasteiger partial charge in [-0.05, 0) is 97.7 Å². The average molecular weight is 501 g/mol. The molecule has 196 valence electrons. The Labute approximate surface area is 205 Å². The van der Waals surface area contributed by atoms with Gasteiger partial charge in [-0.3, -0.25) is 8.98 Å². The van der Waals surface area contributed by atoms with Crippen molar-refractivity contribution in [1.29, 1.82) is 0 Å². The molecule has 0 aliphatic heterocycles. The van der Waals surface area contributed by atoms with E-state index >= 15 is 0 Å². The molecule has 0 spiro atoms. The predicted molar refractivity (Wildman–Crippen MR) is 128 cm³/mol. The molecule has 4 saturated carbocycles. The number of hydrogen-bond acceptors (Lipinski definition) is 7. The third-order valence-corrected chi connectivity index (χ3v) is 11.5. The maximum atomic E-state index is 11.7. The van der Waals surface area contributed by atoms with Gasteiger partial charge in [-0.1, -0.05) is 20.8 Å². The van der Waals surface area contributed by atoms with Crippen LogP contribution in [0.5, 0.6) is 0 Å². The smallest absolute Gasteiger partial charge is 0.305 e. The number of aliphatic hydroxyl groups is 2. The van der Waals surface area contributed by atoms with Crippen LogP contribution >= 0.6 is 0 Å². The van der Waals surface area contributed by atoms with Crippen LogP contribution in [0.2, 0.25) is 0 Å². The van der Waals surface area contributed by atoms with Gasteiger partial charge in [0, 0.05) is 6.42 Å². The van der Waals surface area contributed by atoms with E-state index < -0.39 is 22.3 Å². The topological polar surface area (TPSA) is 110 Å². The molecule has 0 bridgehead atoms. The van der Waals surface area contributed by atoms with E-state index in [-0.39, 0.29) is 46.6 Å². The van der Waals surface area contributed by atoms with Gasteiger partial charge in [-0.25, -0.2) is 0 Å². The fraction of sp³-hybridized carbons (Fsp3) is 0.962. The van der Waals surface area contributed by atoms with Crippen LogP contribution in [0.25, 0.3) is 0 Å². The number of rotatable bonds is 6. The number of ether oxygens (including phenoxy) is 1. The molecule has 0 aromatic heterocycles. The lowest BCUT2D eigenvalue weighted by Gasteiger charge is -2.63. The SMILES string of the molecule is COC(=O)CCC(C)C1CCC2C3C(O)CC4CC(OS(C)(=O)=O)CCC4(C)C3CC(O)C12C. The molecular weight excluding hydrogens is 456 g/mol. The van der Waals surface area contributed by atoms with Crippen LogP contribution in [-0.4, -0.2) is 56.3 Å². The molecule has 11 atom stereocenters. The second-order valence-electron chi connectivity index (χ2n) is 12.4. The lowest BCUT2D eigenvalue weighted by molar-refractivity contribution is -0.206. The highest BCUT2D eigenvalue weighted by atomic mass is 32.2. The van der Waals surface area contributed by atoms with Crippen molar-refractivity contribution in [2.75, 3.05) is 13.4 Å². The van der Waals surface area contributed by atoms with Crippen molar-refractivity contribution in [2.45, 2.75) is 96.9 Å². The van der Waals surface area contributed by atoms with Crippen LogP contribution in [0.4, 0.5) is 0 Å². The predicted octanol–water partition coefficient (Wildman–Crippen LogP) is 3.52. The van der Waals surface area contributed by atoms with Gasteiger partial charge in [0.2, 0.25) is 0 Å². The standard InChI is InChI=1S/C26H44O7S/c1-15(6-9-23(29)32-4)18-7-8-19-24-20(14-22(28)26(18,19)3)25(2)11-10-17(33-34(5,30)31)12-16(25)13-21(24)27/h15-22,24,27-28H,6-14H2,1-5H3. The Bertz CT molecular complexity index is 874. The number of aliphatic hydroxyl groups excluding tert-OH is 2. The van der Waals surface area contributed by atoms with E-state index in [1.807, 2.05) is 0 Å². The van der Waals surface area contributed by atoms with E-state index in [4.69, 9.17) is 8.92 Å². The highest BCUT2D eigenvalue weighted by Gasteiger charge is 2.65. The van der Waals surface area contributed by atoms with E-state index in [0.717, 1.165) is 31.9 Å². The van der Waals surface area contributed by atoms with Crippen molar-refractivity contribution in [3.8, 4) is 0 Å². The second kappa shape index (κ2) is 9.31. The molecule has 34 heavy (non-hydrogen) atoms. The summed E-state index contributed by atoms with van der Waals surface area (Å²) in [5, 5.41) is 23.1. The summed E-state index contributed by atoms with van der Waals surface area (Å²) in [4.78, 5) is 11.7. The van der Waals surface area contributed by atoms with E-state index in [1.165, 1.54) is 7.11 Å². The van der Waals surface area contributed by atoms with Crippen LogP contribution in [0.1, 0.15) is 78.6 Å². The maximum absolute atomic E-state index is 11.7. The minimum absolute atomic E-state index is 0.0296. The fourth-order valence-electron chi connectivity index (χ4n) is 9.10. The number of carbonyl (C=O) groups is 1. The minimum Gasteiger partial charge on any atom is -0.469 e. The molecule has 0 aromatic rings. The highest BCUT2D eigenvalue weighted by Crippen LogP contribution is 2.68. The monoisotopic (exact) mass is 500 g/mol. The quantitative estimate of drug-likeness (QED) is 0.424. The lowest BCUT2D eigenvalue weighted by atomic mass is 9.43. The molecule has 0 saturated heterocycles. The van der Waals surface area contributed by atoms with Crippen LogP contribution in [0.3, 0.4) is 0 Å². The summed E-state index contributed by atoms with van der Waals surface area (Å²) in [6.07, 6.45) is 6.63. The molecule has 0 aromatic carbocycles. The maximum Gasteiger partial charge on any atom is 0.305 e. The summed E-state index contributed by atoms with van der Waals surface area (Å²) in [5.74, 6) is 1.25. The molecule has 11 unspecified atom stereocenters. The second-order valence-corrected chi connectivity index (χ2v) is 14.0. The molecule has 7 nitrogen and oxygen atoms in total. The normalized spacial score (nSPS) is 47.3.